The predicted molar refractivity (Wildman–Crippen MR) is 102 cm³/mol. The lowest BCUT2D eigenvalue weighted by molar-refractivity contribution is -0.138. The van der Waals surface area contributed by atoms with Gasteiger partial charge in [0.15, 0.2) is 4.91 Å². The lowest BCUT2D eigenvalue weighted by Gasteiger charge is -2.24. The molecular weight excluding hydrogens is 350 g/mol. The smallest absolute Gasteiger partial charge is 0.350 e. The van der Waals surface area contributed by atoms with Crippen molar-refractivity contribution in [3.8, 4) is 0 Å². The van der Waals surface area contributed by atoms with Gasteiger partial charge < -0.3 is 9.64 Å². The number of likely N-dealkylation sites (tertiary alicyclic amines) is 1. The van der Waals surface area contributed by atoms with E-state index in [2.05, 4.69) is 4.90 Å². The van der Waals surface area contributed by atoms with Gasteiger partial charge in [0.1, 0.15) is 0 Å². The van der Waals surface area contributed by atoms with Crippen LogP contribution in [-0.2, 0) is 19.4 Å². The maximum Gasteiger partial charge on any atom is 0.350 e. The van der Waals surface area contributed by atoms with Crippen LogP contribution in [0, 0.1) is 0 Å². The van der Waals surface area contributed by atoms with E-state index < -0.39 is 15.8 Å². The van der Waals surface area contributed by atoms with E-state index in [0.29, 0.717) is 6.42 Å². The summed E-state index contributed by atoms with van der Waals surface area (Å²) in [5.41, 5.74) is 0. The zero-order chi connectivity index (χ0) is 18.8. The van der Waals surface area contributed by atoms with E-state index >= 15 is 0 Å². The van der Waals surface area contributed by atoms with Crippen molar-refractivity contribution in [2.24, 2.45) is 0 Å². The average molecular weight is 378 g/mol. The molecule has 1 heterocycles. The number of benzene rings is 1. The van der Waals surface area contributed by atoms with Crippen molar-refractivity contribution in [3.63, 3.8) is 0 Å². The van der Waals surface area contributed by atoms with E-state index in [9.17, 15) is 13.2 Å². The molecule has 0 aliphatic carbocycles. The standard InChI is InChI=1S/C20H27NO4S/c1-2-3-17-25-20(22)19(13-10-16-21-14-8-5-9-15-21)26(23,24)18-11-6-4-7-12-18/h4,6-7,10-13,16H,2-3,5,8-9,14-15,17H2,1H3/b16-10+,19-13+. The molecule has 1 saturated heterocycles. The van der Waals surface area contributed by atoms with Crippen LogP contribution in [0.5, 0.6) is 0 Å². The van der Waals surface area contributed by atoms with Crippen LogP contribution in [0.15, 0.2) is 58.5 Å². The van der Waals surface area contributed by atoms with E-state index in [1.807, 2.05) is 13.1 Å². The zero-order valence-electron chi connectivity index (χ0n) is 15.3. The fourth-order valence-electron chi connectivity index (χ4n) is 2.69. The molecule has 0 atom stereocenters. The SMILES string of the molecule is CCCCOC(=O)/C(=C\C=C\N1CCCCC1)S(=O)(=O)c1ccccc1. The van der Waals surface area contributed by atoms with Gasteiger partial charge >= 0.3 is 5.97 Å². The van der Waals surface area contributed by atoms with Gasteiger partial charge in [-0.15, -0.1) is 0 Å². The third kappa shape index (κ3) is 5.73. The Labute approximate surface area is 156 Å². The summed E-state index contributed by atoms with van der Waals surface area (Å²) >= 11 is 0. The molecule has 0 amide bonds. The number of sulfone groups is 1. The largest absolute Gasteiger partial charge is 0.462 e. The molecule has 0 spiro atoms. The second-order valence-electron chi connectivity index (χ2n) is 6.28. The summed E-state index contributed by atoms with van der Waals surface area (Å²) in [6.45, 7) is 4.09. The Morgan fingerprint density at radius 1 is 1.15 bits per heavy atom. The van der Waals surface area contributed by atoms with Gasteiger partial charge in [-0.2, -0.15) is 0 Å². The van der Waals surface area contributed by atoms with Crippen molar-refractivity contribution in [2.75, 3.05) is 19.7 Å². The summed E-state index contributed by atoms with van der Waals surface area (Å²) in [6, 6.07) is 7.97. The number of piperidine rings is 1. The molecule has 0 radical (unpaired) electrons. The van der Waals surface area contributed by atoms with E-state index in [0.717, 1.165) is 32.4 Å². The minimum absolute atomic E-state index is 0.0880. The molecule has 0 N–H and O–H groups in total. The predicted octanol–water partition coefficient (Wildman–Crippen LogP) is 3.69. The van der Waals surface area contributed by atoms with Gasteiger partial charge in [-0.3, -0.25) is 0 Å². The number of hydrogen-bond donors (Lipinski definition) is 0. The quantitative estimate of drug-likeness (QED) is 0.299. The molecule has 0 saturated carbocycles. The molecule has 0 unspecified atom stereocenters. The Morgan fingerprint density at radius 2 is 1.85 bits per heavy atom. The van der Waals surface area contributed by atoms with Crippen molar-refractivity contribution in [1.82, 2.24) is 4.90 Å². The van der Waals surface area contributed by atoms with Gasteiger partial charge in [0.2, 0.25) is 9.84 Å². The summed E-state index contributed by atoms with van der Waals surface area (Å²) in [7, 11) is -3.92. The van der Waals surface area contributed by atoms with Gasteiger partial charge in [0, 0.05) is 13.1 Å². The summed E-state index contributed by atoms with van der Waals surface area (Å²) in [6.07, 6.45) is 9.87. The summed E-state index contributed by atoms with van der Waals surface area (Å²) in [5, 5.41) is 0. The lowest BCUT2D eigenvalue weighted by atomic mass is 10.1. The number of ether oxygens (including phenoxy) is 1. The molecule has 1 aliphatic rings. The molecule has 0 aromatic heterocycles. The van der Waals surface area contributed by atoms with Gasteiger partial charge in [-0.1, -0.05) is 31.5 Å². The van der Waals surface area contributed by atoms with Crippen LogP contribution in [0.4, 0.5) is 0 Å². The molecule has 1 fully saturated rings. The number of carbonyl (C=O) groups is 1. The Morgan fingerprint density at radius 3 is 2.50 bits per heavy atom. The van der Waals surface area contributed by atoms with Crippen molar-refractivity contribution in [1.29, 1.82) is 0 Å². The number of carbonyl (C=O) groups excluding carboxylic acids is 1. The first-order valence-corrected chi connectivity index (χ1v) is 10.6. The van der Waals surface area contributed by atoms with Gasteiger partial charge in [0.05, 0.1) is 11.5 Å². The van der Waals surface area contributed by atoms with Crippen LogP contribution in [0.3, 0.4) is 0 Å². The van der Waals surface area contributed by atoms with Crippen LogP contribution in [-0.4, -0.2) is 39.0 Å². The van der Waals surface area contributed by atoms with Crippen molar-refractivity contribution >= 4 is 15.8 Å². The normalized spacial score (nSPS) is 16.0. The number of rotatable bonds is 8. The molecule has 142 valence electrons. The second kappa shape index (κ2) is 10.2. The van der Waals surface area contributed by atoms with E-state index in [1.54, 1.807) is 24.3 Å². The van der Waals surface area contributed by atoms with Crippen LogP contribution in [0.2, 0.25) is 0 Å². The molecule has 2 rings (SSSR count). The summed E-state index contributed by atoms with van der Waals surface area (Å²) in [4.78, 5) is 14.3. The van der Waals surface area contributed by atoms with Crippen LogP contribution < -0.4 is 0 Å². The fraction of sp³-hybridized carbons (Fsp3) is 0.450. The van der Waals surface area contributed by atoms with Crippen LogP contribution in [0.1, 0.15) is 39.0 Å². The van der Waals surface area contributed by atoms with E-state index in [4.69, 9.17) is 4.74 Å². The Balaban J connectivity index is 2.24. The average Bonchev–Trinajstić information content (AvgIpc) is 2.66. The highest BCUT2D eigenvalue weighted by Crippen LogP contribution is 2.21. The highest BCUT2D eigenvalue weighted by molar-refractivity contribution is 7.96. The highest BCUT2D eigenvalue weighted by atomic mass is 32.2. The van der Waals surface area contributed by atoms with E-state index in [1.165, 1.54) is 24.6 Å². The first kappa shape index (κ1) is 20.2. The van der Waals surface area contributed by atoms with Crippen LogP contribution in [0.25, 0.3) is 0 Å². The molecule has 5 nitrogen and oxygen atoms in total. The third-order valence-corrected chi connectivity index (χ3v) is 5.98. The maximum absolute atomic E-state index is 12.9. The zero-order valence-corrected chi connectivity index (χ0v) is 16.1. The molecular formula is C20H27NO4S. The fourth-order valence-corrected chi connectivity index (χ4v) is 4.00. The third-order valence-electron chi connectivity index (χ3n) is 4.21. The minimum Gasteiger partial charge on any atom is -0.462 e. The summed E-state index contributed by atoms with van der Waals surface area (Å²) < 4.78 is 30.9. The molecule has 1 aromatic rings. The Bertz CT molecular complexity index is 732. The second-order valence-corrected chi connectivity index (χ2v) is 8.19. The molecule has 0 bridgehead atoms. The van der Waals surface area contributed by atoms with Gasteiger partial charge in [-0.05, 0) is 56.2 Å². The number of esters is 1. The van der Waals surface area contributed by atoms with Crippen molar-refractivity contribution in [2.45, 2.75) is 43.9 Å². The number of hydrogen-bond acceptors (Lipinski definition) is 5. The summed E-state index contributed by atoms with van der Waals surface area (Å²) in [5.74, 6) is -0.800. The Kier molecular flexibility index (Phi) is 7.91. The molecule has 6 heteroatoms. The molecule has 26 heavy (non-hydrogen) atoms. The monoisotopic (exact) mass is 377 g/mol. The Hall–Kier alpha value is -2.08. The van der Waals surface area contributed by atoms with Crippen LogP contribution >= 0.6 is 0 Å². The number of unbranched alkanes of at least 4 members (excludes halogenated alkanes) is 1. The number of allylic oxidation sites excluding steroid dienone is 2. The first-order chi connectivity index (χ1) is 12.6. The maximum atomic E-state index is 12.9. The molecule has 1 aliphatic heterocycles. The van der Waals surface area contributed by atoms with Crippen molar-refractivity contribution in [3.05, 3.63) is 53.6 Å². The minimum atomic E-state index is -3.92. The number of nitrogens with zero attached hydrogens (tertiary/aromatic N) is 1. The molecule has 1 aromatic carbocycles. The van der Waals surface area contributed by atoms with Gasteiger partial charge in [-0.25, -0.2) is 13.2 Å². The van der Waals surface area contributed by atoms with E-state index in [-0.39, 0.29) is 16.4 Å². The first-order valence-electron chi connectivity index (χ1n) is 9.15. The van der Waals surface area contributed by atoms with Crippen molar-refractivity contribution < 1.29 is 17.9 Å². The lowest BCUT2D eigenvalue weighted by Crippen LogP contribution is -2.24. The topological polar surface area (TPSA) is 63.7 Å². The van der Waals surface area contributed by atoms with Gasteiger partial charge in [0.25, 0.3) is 0 Å². The highest BCUT2D eigenvalue weighted by Gasteiger charge is 2.27.